The molecule has 1 fully saturated rings. The zero-order valence-corrected chi connectivity index (χ0v) is 15.9. The zero-order valence-electron chi connectivity index (χ0n) is 15.9. The highest BCUT2D eigenvalue weighted by atomic mass is 16.8. The van der Waals surface area contributed by atoms with E-state index in [9.17, 15) is 14.8 Å². The maximum atomic E-state index is 13.3. The zero-order chi connectivity index (χ0) is 20.3. The van der Waals surface area contributed by atoms with Gasteiger partial charge < -0.3 is 19.9 Å². The Hall–Kier alpha value is -3.17. The summed E-state index contributed by atoms with van der Waals surface area (Å²) in [6, 6.07) is 10.7. The molecule has 29 heavy (non-hydrogen) atoms. The van der Waals surface area contributed by atoms with Crippen molar-refractivity contribution in [3.05, 3.63) is 63.3 Å². The summed E-state index contributed by atoms with van der Waals surface area (Å²) in [4.78, 5) is 27.6. The molecule has 1 aromatic carbocycles. The maximum absolute atomic E-state index is 13.3. The van der Waals surface area contributed by atoms with E-state index in [-0.39, 0.29) is 28.7 Å². The van der Waals surface area contributed by atoms with E-state index in [4.69, 9.17) is 5.21 Å². The molecule has 0 radical (unpaired) electrons. The van der Waals surface area contributed by atoms with Crippen LogP contribution in [0.3, 0.4) is 0 Å². The fraction of sp³-hybridized carbons (Fsp3) is 0.350. The first kappa shape index (κ1) is 17.9. The van der Waals surface area contributed by atoms with E-state index >= 15 is 0 Å². The number of anilines is 1. The summed E-state index contributed by atoms with van der Waals surface area (Å²) < 4.78 is 3.28. The van der Waals surface area contributed by atoms with Crippen molar-refractivity contribution in [1.29, 1.82) is 0 Å². The molecule has 0 spiro atoms. The van der Waals surface area contributed by atoms with Gasteiger partial charge in [-0.05, 0) is 30.5 Å². The number of hydrogen-bond acceptors (Lipinski definition) is 6. The highest BCUT2D eigenvalue weighted by Crippen LogP contribution is 2.36. The molecule has 1 amide bonds. The molecule has 2 aromatic heterocycles. The third-order valence-electron chi connectivity index (χ3n) is 6.04. The molecule has 0 saturated carbocycles. The molecule has 1 N–H and O–H groups in total. The molecular weight excluding hydrogens is 374 g/mol. The minimum Gasteiger partial charge on any atom is -0.733 e. The number of para-hydroxylation sites is 1. The number of amides is 1. The second kappa shape index (κ2) is 6.43. The third-order valence-corrected chi connectivity index (χ3v) is 6.04. The topological polar surface area (TPSA) is 107 Å². The average Bonchev–Trinajstić information content (AvgIpc) is 3.05. The summed E-state index contributed by atoms with van der Waals surface area (Å²) in [7, 11) is 1.82. The number of nitrogens with zero attached hydrogens (tertiary/aromatic N) is 5. The van der Waals surface area contributed by atoms with Gasteiger partial charge in [0, 0.05) is 43.7 Å². The number of benzene rings is 1. The van der Waals surface area contributed by atoms with Gasteiger partial charge in [-0.15, -0.1) is 0 Å². The Kier molecular flexibility index (Phi) is 3.97. The fourth-order valence-corrected chi connectivity index (χ4v) is 4.77. The number of aromatic nitrogens is 3. The maximum Gasteiger partial charge on any atom is 0.275 e. The molecule has 9 heteroatoms. The van der Waals surface area contributed by atoms with Gasteiger partial charge in [0.1, 0.15) is 5.69 Å². The lowest BCUT2D eigenvalue weighted by atomic mass is 9.83. The SMILES string of the molecule is Cn1nc(C(=O)N2CC3CC(C2)c2ccc(N([O-])O)c(=O)n2C3)c2ccccc21. The number of hydrogen-bond donors (Lipinski definition) is 1. The number of carbonyl (C=O) groups is 1. The molecule has 1 saturated heterocycles. The van der Waals surface area contributed by atoms with E-state index in [0.29, 0.717) is 25.3 Å². The van der Waals surface area contributed by atoms with Gasteiger partial charge in [-0.2, -0.15) is 5.10 Å². The lowest BCUT2D eigenvalue weighted by Gasteiger charge is -2.43. The summed E-state index contributed by atoms with van der Waals surface area (Å²) in [5.74, 6) is -0.00102. The van der Waals surface area contributed by atoms with E-state index < -0.39 is 5.56 Å². The van der Waals surface area contributed by atoms with Crippen LogP contribution >= 0.6 is 0 Å². The Morgan fingerprint density at radius 2 is 2.00 bits per heavy atom. The fourth-order valence-electron chi connectivity index (χ4n) is 4.77. The Bertz CT molecular complexity index is 1180. The Labute approximate surface area is 165 Å². The summed E-state index contributed by atoms with van der Waals surface area (Å²) in [6.45, 7) is 1.43. The summed E-state index contributed by atoms with van der Waals surface area (Å²) >= 11 is 0. The van der Waals surface area contributed by atoms with Crippen molar-refractivity contribution < 1.29 is 10.0 Å². The van der Waals surface area contributed by atoms with Crippen LogP contribution in [0.1, 0.15) is 28.5 Å². The molecule has 2 aliphatic heterocycles. The standard InChI is InChI=1S/C20H20N5O4/c1-22-16-5-3-2-4-14(16)18(21-22)20(27)23-9-12-8-13(11-23)15-6-7-17(25(28)29)19(26)24(15)10-12/h2-7,12-13,28H,8-11H2,1H3/q-1. The number of pyridine rings is 1. The summed E-state index contributed by atoms with van der Waals surface area (Å²) in [5.41, 5.74) is 1.36. The number of carbonyl (C=O) groups excluding carboxylic acids is 1. The van der Waals surface area contributed by atoms with Crippen molar-refractivity contribution in [1.82, 2.24) is 19.2 Å². The molecule has 2 unspecified atom stereocenters. The van der Waals surface area contributed by atoms with Crippen LogP contribution in [0.15, 0.2) is 41.2 Å². The molecule has 9 nitrogen and oxygen atoms in total. The molecule has 2 aliphatic rings. The van der Waals surface area contributed by atoms with Crippen molar-refractivity contribution in [3.8, 4) is 0 Å². The van der Waals surface area contributed by atoms with Gasteiger partial charge in [-0.25, -0.2) is 0 Å². The lowest BCUT2D eigenvalue weighted by molar-refractivity contribution is 0.0590. The van der Waals surface area contributed by atoms with Crippen molar-refractivity contribution in [3.63, 3.8) is 0 Å². The molecule has 2 atom stereocenters. The third kappa shape index (κ3) is 2.73. The molecule has 4 heterocycles. The molecule has 0 aliphatic carbocycles. The predicted molar refractivity (Wildman–Crippen MR) is 106 cm³/mol. The Morgan fingerprint density at radius 1 is 1.21 bits per heavy atom. The van der Waals surface area contributed by atoms with Gasteiger partial charge in [0.05, 0.1) is 5.52 Å². The first-order valence-corrected chi connectivity index (χ1v) is 9.55. The van der Waals surface area contributed by atoms with Gasteiger partial charge in [-0.1, -0.05) is 18.2 Å². The average molecular weight is 394 g/mol. The van der Waals surface area contributed by atoms with E-state index in [2.05, 4.69) is 5.10 Å². The van der Waals surface area contributed by atoms with Crippen LogP contribution in [0.5, 0.6) is 0 Å². The van der Waals surface area contributed by atoms with Crippen LogP contribution in [0.4, 0.5) is 5.69 Å². The van der Waals surface area contributed by atoms with Crippen LogP contribution in [0.25, 0.3) is 10.9 Å². The molecule has 5 rings (SSSR count). The highest BCUT2D eigenvalue weighted by molar-refractivity contribution is 6.04. The molecule has 3 aromatic rings. The monoisotopic (exact) mass is 394 g/mol. The smallest absolute Gasteiger partial charge is 0.275 e. The number of aryl methyl sites for hydroxylation is 1. The van der Waals surface area contributed by atoms with Crippen LogP contribution in [0.2, 0.25) is 0 Å². The number of likely N-dealkylation sites (tertiary alicyclic amines) is 1. The van der Waals surface area contributed by atoms with Gasteiger partial charge in [0.25, 0.3) is 11.5 Å². The lowest BCUT2D eigenvalue weighted by Crippen LogP contribution is -2.49. The van der Waals surface area contributed by atoms with Gasteiger partial charge in [0.2, 0.25) is 0 Å². The van der Waals surface area contributed by atoms with Crippen molar-refractivity contribution in [2.24, 2.45) is 13.0 Å². The number of piperidine rings is 1. The van der Waals surface area contributed by atoms with Gasteiger partial charge in [-0.3, -0.25) is 19.5 Å². The summed E-state index contributed by atoms with van der Waals surface area (Å²) in [6.07, 6.45) is 0.881. The van der Waals surface area contributed by atoms with Crippen molar-refractivity contribution in [2.45, 2.75) is 18.9 Å². The van der Waals surface area contributed by atoms with E-state index in [1.165, 1.54) is 6.07 Å². The second-order valence-corrected chi connectivity index (χ2v) is 7.83. The van der Waals surface area contributed by atoms with Crippen LogP contribution in [-0.2, 0) is 13.6 Å². The normalized spacial score (nSPS) is 20.6. The van der Waals surface area contributed by atoms with Gasteiger partial charge in [0.15, 0.2) is 5.69 Å². The largest absolute Gasteiger partial charge is 0.733 e. The highest BCUT2D eigenvalue weighted by Gasteiger charge is 2.37. The first-order chi connectivity index (χ1) is 13.9. The summed E-state index contributed by atoms with van der Waals surface area (Å²) in [5, 5.41) is 25.2. The van der Waals surface area contributed by atoms with Crippen LogP contribution in [0, 0.1) is 11.1 Å². The molecule has 150 valence electrons. The van der Waals surface area contributed by atoms with Crippen LogP contribution < -0.4 is 10.8 Å². The first-order valence-electron chi connectivity index (χ1n) is 9.55. The molecular formula is C20H20N5O4-. The Balaban J connectivity index is 1.48. The number of rotatable bonds is 2. The predicted octanol–water partition coefficient (Wildman–Crippen LogP) is 1.69. The van der Waals surface area contributed by atoms with Crippen molar-refractivity contribution in [2.75, 3.05) is 18.3 Å². The van der Waals surface area contributed by atoms with E-state index in [0.717, 1.165) is 23.0 Å². The molecule has 2 bridgehead atoms. The van der Waals surface area contributed by atoms with Crippen molar-refractivity contribution >= 4 is 22.5 Å². The quantitative estimate of drug-likeness (QED) is 0.663. The minimum absolute atomic E-state index is 0.00183. The van der Waals surface area contributed by atoms with E-state index in [1.807, 2.05) is 36.2 Å². The van der Waals surface area contributed by atoms with Gasteiger partial charge >= 0.3 is 0 Å². The minimum atomic E-state index is -0.495. The second-order valence-electron chi connectivity index (χ2n) is 7.83. The number of fused-ring (bicyclic) bond motifs is 5. The Morgan fingerprint density at radius 3 is 2.79 bits per heavy atom. The van der Waals surface area contributed by atoms with Crippen LogP contribution in [-0.4, -0.2) is 43.5 Å². The van der Waals surface area contributed by atoms with E-state index in [1.54, 1.807) is 15.3 Å².